The Balaban J connectivity index is 2.29. The number of halogens is 1. The number of nitrogens with zero attached hydrogens (tertiary/aromatic N) is 2. The molecule has 0 aliphatic rings. The second kappa shape index (κ2) is 5.85. The smallest absolute Gasteiger partial charge is 0.305 e. The van der Waals surface area contributed by atoms with E-state index in [0.717, 1.165) is 17.6 Å². The molecule has 2 aromatic rings. The molecule has 0 bridgehead atoms. The van der Waals surface area contributed by atoms with Crippen molar-refractivity contribution in [2.24, 2.45) is 0 Å². The summed E-state index contributed by atoms with van der Waals surface area (Å²) in [6.45, 7) is 3.50. The Morgan fingerprint density at radius 2 is 2.32 bits per heavy atom. The minimum atomic E-state index is -0.836. The summed E-state index contributed by atoms with van der Waals surface area (Å²) in [5.74, 6) is -0.836. The Labute approximate surface area is 113 Å². The molecule has 0 unspecified atom stereocenters. The number of nitro benzene ring substituents is 1. The van der Waals surface area contributed by atoms with Crippen LogP contribution in [0.15, 0.2) is 23.6 Å². The van der Waals surface area contributed by atoms with Crippen molar-refractivity contribution in [1.82, 2.24) is 10.3 Å². The fourth-order valence-corrected chi connectivity index (χ4v) is 2.34. The summed E-state index contributed by atoms with van der Waals surface area (Å²) in [4.78, 5) is 14.3. The van der Waals surface area contributed by atoms with Crippen LogP contribution in [0.3, 0.4) is 0 Å². The highest BCUT2D eigenvalue weighted by Crippen LogP contribution is 2.27. The fourth-order valence-electron chi connectivity index (χ4n) is 1.57. The Morgan fingerprint density at radius 1 is 1.53 bits per heavy atom. The van der Waals surface area contributed by atoms with Crippen molar-refractivity contribution >= 4 is 17.0 Å². The van der Waals surface area contributed by atoms with Gasteiger partial charge in [0.2, 0.25) is 5.82 Å². The van der Waals surface area contributed by atoms with Crippen LogP contribution in [0.2, 0.25) is 0 Å². The van der Waals surface area contributed by atoms with Crippen LogP contribution in [0.5, 0.6) is 0 Å². The molecule has 0 radical (unpaired) electrons. The third-order valence-electron chi connectivity index (χ3n) is 2.52. The average molecular weight is 281 g/mol. The predicted octanol–water partition coefficient (Wildman–Crippen LogP) is 2.97. The first kappa shape index (κ1) is 13.6. The van der Waals surface area contributed by atoms with Crippen LogP contribution in [0.1, 0.15) is 11.9 Å². The monoisotopic (exact) mass is 281 g/mol. The molecule has 19 heavy (non-hydrogen) atoms. The minimum Gasteiger partial charge on any atom is -0.311 e. The number of hydrogen-bond donors (Lipinski definition) is 1. The largest absolute Gasteiger partial charge is 0.311 e. The Bertz CT molecular complexity index is 600. The first-order valence-corrected chi connectivity index (χ1v) is 6.59. The Morgan fingerprint density at radius 3 is 3.00 bits per heavy atom. The fraction of sp³-hybridized carbons (Fsp3) is 0.250. The molecule has 0 amide bonds. The number of rotatable bonds is 5. The lowest BCUT2D eigenvalue weighted by molar-refractivity contribution is -0.387. The van der Waals surface area contributed by atoms with Crippen LogP contribution in [-0.4, -0.2) is 16.5 Å². The first-order valence-electron chi connectivity index (χ1n) is 5.71. The van der Waals surface area contributed by atoms with Crippen LogP contribution in [0.25, 0.3) is 11.3 Å². The molecule has 0 saturated carbocycles. The van der Waals surface area contributed by atoms with Gasteiger partial charge < -0.3 is 5.32 Å². The van der Waals surface area contributed by atoms with Gasteiger partial charge in [0.15, 0.2) is 0 Å². The zero-order valence-corrected chi connectivity index (χ0v) is 11.0. The van der Waals surface area contributed by atoms with Crippen LogP contribution in [0.4, 0.5) is 10.1 Å². The molecule has 1 N–H and O–H groups in total. The number of thiazole rings is 1. The van der Waals surface area contributed by atoms with E-state index in [0.29, 0.717) is 17.8 Å². The molecule has 0 fully saturated rings. The maximum absolute atomic E-state index is 13.2. The maximum atomic E-state index is 13.2. The molecule has 0 aliphatic carbocycles. The van der Waals surface area contributed by atoms with Crippen LogP contribution >= 0.6 is 11.3 Å². The van der Waals surface area contributed by atoms with Crippen molar-refractivity contribution in [2.75, 3.05) is 6.54 Å². The summed E-state index contributed by atoms with van der Waals surface area (Å²) in [5.41, 5.74) is 0.645. The zero-order chi connectivity index (χ0) is 13.8. The molecule has 5 nitrogen and oxygen atoms in total. The molecule has 0 saturated heterocycles. The van der Waals surface area contributed by atoms with Gasteiger partial charge in [0.05, 0.1) is 10.6 Å². The highest BCUT2D eigenvalue weighted by molar-refractivity contribution is 7.09. The summed E-state index contributed by atoms with van der Waals surface area (Å²) in [7, 11) is 0. The highest BCUT2D eigenvalue weighted by Gasteiger charge is 2.16. The van der Waals surface area contributed by atoms with E-state index in [9.17, 15) is 14.5 Å². The number of nitro groups is 1. The lowest BCUT2D eigenvalue weighted by Crippen LogP contribution is -2.11. The van der Waals surface area contributed by atoms with Crippen LogP contribution in [0, 0.1) is 15.9 Å². The lowest BCUT2D eigenvalue weighted by atomic mass is 10.1. The number of benzene rings is 1. The minimum absolute atomic E-state index is 0.529. The molecule has 1 aromatic heterocycles. The van der Waals surface area contributed by atoms with Gasteiger partial charge in [-0.2, -0.15) is 4.39 Å². The molecule has 2 rings (SSSR count). The van der Waals surface area contributed by atoms with E-state index in [2.05, 4.69) is 10.3 Å². The summed E-state index contributed by atoms with van der Waals surface area (Å²) in [5, 5.41) is 16.5. The second-order valence-electron chi connectivity index (χ2n) is 3.83. The Hall–Kier alpha value is -1.86. The van der Waals surface area contributed by atoms with Crippen molar-refractivity contribution in [1.29, 1.82) is 0 Å². The molecule has 7 heteroatoms. The van der Waals surface area contributed by atoms with Crippen molar-refractivity contribution in [3.8, 4) is 11.3 Å². The number of aromatic nitrogens is 1. The van der Waals surface area contributed by atoms with Gasteiger partial charge >= 0.3 is 5.69 Å². The molecule has 1 aromatic carbocycles. The van der Waals surface area contributed by atoms with Gasteiger partial charge in [-0.15, -0.1) is 11.3 Å². The van der Waals surface area contributed by atoms with E-state index in [1.165, 1.54) is 23.5 Å². The predicted molar refractivity (Wildman–Crippen MR) is 71.5 cm³/mol. The van der Waals surface area contributed by atoms with E-state index < -0.39 is 16.4 Å². The van der Waals surface area contributed by atoms with E-state index in [4.69, 9.17) is 0 Å². The summed E-state index contributed by atoms with van der Waals surface area (Å²) in [6.07, 6.45) is 0. The molecule has 1 heterocycles. The highest BCUT2D eigenvalue weighted by atomic mass is 32.1. The van der Waals surface area contributed by atoms with Gasteiger partial charge in [0.1, 0.15) is 5.01 Å². The van der Waals surface area contributed by atoms with Crippen LogP contribution < -0.4 is 5.32 Å². The lowest BCUT2D eigenvalue weighted by Gasteiger charge is -1.99. The first-order chi connectivity index (χ1) is 9.11. The van der Waals surface area contributed by atoms with Gasteiger partial charge in [-0.3, -0.25) is 10.1 Å². The normalized spacial score (nSPS) is 10.6. The van der Waals surface area contributed by atoms with Crippen molar-refractivity contribution in [3.63, 3.8) is 0 Å². The average Bonchev–Trinajstić information content (AvgIpc) is 2.85. The number of hydrogen-bond acceptors (Lipinski definition) is 5. The van der Waals surface area contributed by atoms with Gasteiger partial charge in [0.25, 0.3) is 0 Å². The third-order valence-corrected chi connectivity index (χ3v) is 3.37. The van der Waals surface area contributed by atoms with E-state index in [1.807, 2.05) is 12.3 Å². The summed E-state index contributed by atoms with van der Waals surface area (Å²) < 4.78 is 13.2. The van der Waals surface area contributed by atoms with E-state index >= 15 is 0 Å². The summed E-state index contributed by atoms with van der Waals surface area (Å²) >= 11 is 1.47. The van der Waals surface area contributed by atoms with E-state index in [1.54, 1.807) is 0 Å². The second-order valence-corrected chi connectivity index (χ2v) is 4.77. The van der Waals surface area contributed by atoms with Gasteiger partial charge in [-0.1, -0.05) is 6.92 Å². The van der Waals surface area contributed by atoms with Gasteiger partial charge in [0, 0.05) is 23.6 Å². The van der Waals surface area contributed by atoms with Gasteiger partial charge in [-0.25, -0.2) is 4.98 Å². The summed E-state index contributed by atoms with van der Waals surface area (Å²) in [6, 6.07) is 3.80. The standard InChI is InChI=1S/C12H12FN3O2S/c1-2-14-6-12-15-10(7-19-12)8-3-4-9(13)11(5-8)16(17)18/h3-5,7,14H,2,6H2,1H3. The number of nitrogens with one attached hydrogen (secondary N) is 1. The maximum Gasteiger partial charge on any atom is 0.305 e. The molecular formula is C12H12FN3O2S. The van der Waals surface area contributed by atoms with Gasteiger partial charge in [-0.05, 0) is 18.7 Å². The molecule has 0 spiro atoms. The molecule has 100 valence electrons. The van der Waals surface area contributed by atoms with Crippen molar-refractivity contribution in [2.45, 2.75) is 13.5 Å². The van der Waals surface area contributed by atoms with Crippen molar-refractivity contribution in [3.05, 3.63) is 44.5 Å². The van der Waals surface area contributed by atoms with Crippen molar-refractivity contribution < 1.29 is 9.31 Å². The zero-order valence-electron chi connectivity index (χ0n) is 10.2. The quantitative estimate of drug-likeness (QED) is 0.675. The molecule has 0 aliphatic heterocycles. The van der Waals surface area contributed by atoms with E-state index in [-0.39, 0.29) is 0 Å². The molecular weight excluding hydrogens is 269 g/mol. The third kappa shape index (κ3) is 3.12. The SMILES string of the molecule is CCNCc1nc(-c2ccc(F)c([N+](=O)[O-])c2)cs1. The van der Waals surface area contributed by atoms with Crippen LogP contribution in [-0.2, 0) is 6.54 Å². The Kier molecular flexibility index (Phi) is 4.18. The molecule has 0 atom stereocenters. The topological polar surface area (TPSA) is 68.1 Å².